The third-order valence-corrected chi connectivity index (χ3v) is 7.04. The van der Waals surface area contributed by atoms with Crippen LogP contribution < -0.4 is 4.74 Å². The highest BCUT2D eigenvalue weighted by Gasteiger charge is 2.51. The van der Waals surface area contributed by atoms with E-state index in [1.165, 1.54) is 0 Å². The van der Waals surface area contributed by atoms with Crippen molar-refractivity contribution < 1.29 is 26.4 Å². The SMILES string of the molecule is CN(C)CCC1Oc2ccccc2C(=O)C1(CCS(C)(=O)=O)CCS(C)(=O)=O. The van der Waals surface area contributed by atoms with Gasteiger partial charge in [0.25, 0.3) is 0 Å². The van der Waals surface area contributed by atoms with Crippen LogP contribution in [0.1, 0.15) is 29.6 Å². The summed E-state index contributed by atoms with van der Waals surface area (Å²) < 4.78 is 53.6. The van der Waals surface area contributed by atoms with Crippen LogP contribution in [0.5, 0.6) is 5.75 Å². The van der Waals surface area contributed by atoms with Gasteiger partial charge in [0, 0.05) is 19.1 Å². The average molecular weight is 432 g/mol. The van der Waals surface area contributed by atoms with Crippen LogP contribution >= 0.6 is 0 Å². The minimum absolute atomic E-state index is 0.0343. The number of ether oxygens (including phenoxy) is 1. The number of carbonyl (C=O) groups is 1. The van der Waals surface area contributed by atoms with Crippen molar-refractivity contribution in [2.45, 2.75) is 25.4 Å². The molecule has 1 unspecified atom stereocenters. The number of carbonyl (C=O) groups excluding carboxylic acids is 1. The zero-order chi connectivity index (χ0) is 21.2. The van der Waals surface area contributed by atoms with E-state index in [0.717, 1.165) is 12.5 Å². The summed E-state index contributed by atoms with van der Waals surface area (Å²) in [5, 5.41) is 0. The van der Waals surface area contributed by atoms with Crippen molar-refractivity contribution in [1.29, 1.82) is 0 Å². The molecular weight excluding hydrogens is 402 g/mol. The maximum Gasteiger partial charge on any atom is 0.176 e. The Hall–Kier alpha value is -1.45. The Labute approximate surface area is 167 Å². The van der Waals surface area contributed by atoms with Gasteiger partial charge in [-0.1, -0.05) is 12.1 Å². The normalized spacial score (nSPS) is 19.3. The smallest absolute Gasteiger partial charge is 0.176 e. The summed E-state index contributed by atoms with van der Waals surface area (Å²) >= 11 is 0. The van der Waals surface area contributed by atoms with Crippen molar-refractivity contribution >= 4 is 25.5 Å². The predicted molar refractivity (Wildman–Crippen MR) is 109 cm³/mol. The van der Waals surface area contributed by atoms with E-state index >= 15 is 0 Å². The number of nitrogens with zero attached hydrogens (tertiary/aromatic N) is 1. The van der Waals surface area contributed by atoms with Crippen molar-refractivity contribution in [3.63, 3.8) is 0 Å². The lowest BCUT2D eigenvalue weighted by Crippen LogP contribution is -2.51. The molecule has 9 heteroatoms. The third kappa shape index (κ3) is 5.78. The third-order valence-electron chi connectivity index (χ3n) is 5.15. The summed E-state index contributed by atoms with van der Waals surface area (Å²) in [5.41, 5.74) is -0.818. The van der Waals surface area contributed by atoms with Crippen LogP contribution in [0, 0.1) is 5.41 Å². The fraction of sp³-hybridized carbons (Fsp3) is 0.632. The molecule has 1 aliphatic heterocycles. The van der Waals surface area contributed by atoms with Gasteiger partial charge < -0.3 is 9.64 Å². The summed E-state index contributed by atoms with van der Waals surface area (Å²) in [5.74, 6) is -0.171. The van der Waals surface area contributed by atoms with Gasteiger partial charge in [0.2, 0.25) is 0 Å². The lowest BCUT2D eigenvalue weighted by Gasteiger charge is -2.43. The van der Waals surface area contributed by atoms with Crippen molar-refractivity contribution in [2.24, 2.45) is 5.41 Å². The second-order valence-electron chi connectivity index (χ2n) is 7.94. The molecule has 1 heterocycles. The lowest BCUT2D eigenvalue weighted by atomic mass is 9.68. The Morgan fingerprint density at radius 3 is 2.04 bits per heavy atom. The molecule has 0 spiro atoms. The highest BCUT2D eigenvalue weighted by Crippen LogP contribution is 2.45. The van der Waals surface area contributed by atoms with E-state index in [2.05, 4.69) is 0 Å². The fourth-order valence-electron chi connectivity index (χ4n) is 3.56. The predicted octanol–water partition coefficient (Wildman–Crippen LogP) is 1.44. The summed E-state index contributed by atoms with van der Waals surface area (Å²) in [7, 11) is -2.88. The molecule has 0 radical (unpaired) electrons. The van der Waals surface area contributed by atoms with E-state index in [4.69, 9.17) is 4.74 Å². The monoisotopic (exact) mass is 431 g/mol. The zero-order valence-electron chi connectivity index (χ0n) is 16.8. The molecule has 0 aliphatic carbocycles. The topological polar surface area (TPSA) is 97.8 Å². The van der Waals surface area contributed by atoms with E-state index in [9.17, 15) is 21.6 Å². The summed E-state index contributed by atoms with van der Waals surface area (Å²) in [4.78, 5) is 15.5. The maximum absolute atomic E-state index is 13.5. The van der Waals surface area contributed by atoms with Gasteiger partial charge in [-0.15, -0.1) is 0 Å². The van der Waals surface area contributed by atoms with E-state index in [0.29, 0.717) is 24.3 Å². The molecule has 158 valence electrons. The molecule has 0 saturated carbocycles. The summed E-state index contributed by atoms with van der Waals surface area (Å²) in [6, 6.07) is 6.86. The first-order valence-electron chi connectivity index (χ1n) is 9.15. The first-order chi connectivity index (χ1) is 12.8. The second-order valence-corrected chi connectivity index (χ2v) is 12.5. The zero-order valence-corrected chi connectivity index (χ0v) is 18.5. The minimum Gasteiger partial charge on any atom is -0.489 e. The lowest BCUT2D eigenvalue weighted by molar-refractivity contribution is 0.0158. The van der Waals surface area contributed by atoms with Gasteiger partial charge in [-0.3, -0.25) is 4.79 Å². The molecular formula is C19H29NO6S2. The number of para-hydroxylation sites is 1. The van der Waals surface area contributed by atoms with Crippen molar-refractivity contribution in [2.75, 3.05) is 44.7 Å². The van der Waals surface area contributed by atoms with Gasteiger partial charge in [-0.05, 0) is 45.5 Å². The molecule has 0 N–H and O–H groups in total. The van der Waals surface area contributed by atoms with Crippen LogP contribution in [0.25, 0.3) is 0 Å². The molecule has 0 aromatic heterocycles. The second kappa shape index (κ2) is 8.51. The molecule has 1 atom stereocenters. The van der Waals surface area contributed by atoms with Crippen molar-refractivity contribution in [1.82, 2.24) is 4.90 Å². The van der Waals surface area contributed by atoms with Crippen LogP contribution in [-0.2, 0) is 19.7 Å². The molecule has 1 aromatic rings. The van der Waals surface area contributed by atoms with Gasteiger partial charge >= 0.3 is 0 Å². The van der Waals surface area contributed by atoms with Gasteiger partial charge in [0.15, 0.2) is 5.78 Å². The highest BCUT2D eigenvalue weighted by atomic mass is 32.2. The number of Topliss-reactive ketones (excluding diaryl/α,β-unsaturated/α-hetero) is 1. The molecule has 0 fully saturated rings. The molecule has 0 bridgehead atoms. The number of benzene rings is 1. The molecule has 0 amide bonds. The maximum atomic E-state index is 13.5. The number of ketones is 1. The first-order valence-corrected chi connectivity index (χ1v) is 13.3. The van der Waals surface area contributed by atoms with Crippen LogP contribution in [-0.4, -0.2) is 78.3 Å². The van der Waals surface area contributed by atoms with Crippen LogP contribution in [0.2, 0.25) is 0 Å². The van der Waals surface area contributed by atoms with E-state index in [-0.39, 0.29) is 30.1 Å². The summed E-state index contributed by atoms with van der Waals surface area (Å²) in [6.07, 6.45) is 2.20. The average Bonchev–Trinajstić information content (AvgIpc) is 2.57. The Morgan fingerprint density at radius 1 is 1.00 bits per heavy atom. The van der Waals surface area contributed by atoms with Crippen LogP contribution in [0.4, 0.5) is 0 Å². The largest absolute Gasteiger partial charge is 0.489 e. The molecule has 1 aliphatic rings. The first kappa shape index (κ1) is 22.8. The van der Waals surface area contributed by atoms with Crippen LogP contribution in [0.15, 0.2) is 24.3 Å². The Balaban J connectivity index is 2.53. The number of sulfone groups is 2. The van der Waals surface area contributed by atoms with Gasteiger partial charge in [0.05, 0.1) is 22.5 Å². The number of rotatable bonds is 9. The van der Waals surface area contributed by atoms with Crippen molar-refractivity contribution in [3.05, 3.63) is 29.8 Å². The molecule has 0 saturated heterocycles. The van der Waals surface area contributed by atoms with Crippen molar-refractivity contribution in [3.8, 4) is 5.75 Å². The Bertz CT molecular complexity index is 885. The fourth-order valence-corrected chi connectivity index (χ4v) is 5.03. The van der Waals surface area contributed by atoms with E-state index < -0.39 is 31.2 Å². The van der Waals surface area contributed by atoms with Gasteiger partial charge in [-0.2, -0.15) is 0 Å². The standard InChI is InChI=1S/C19H29NO6S2/c1-20(2)12-9-17-19(10-13-27(3,22)23,11-14-28(4,24)25)18(21)15-7-5-6-8-16(15)26-17/h5-8,17H,9-14H2,1-4H3. The van der Waals surface area contributed by atoms with Crippen LogP contribution in [0.3, 0.4) is 0 Å². The van der Waals surface area contributed by atoms with Gasteiger partial charge in [0.1, 0.15) is 31.5 Å². The molecule has 7 nitrogen and oxygen atoms in total. The highest BCUT2D eigenvalue weighted by molar-refractivity contribution is 7.90. The Kier molecular flexibility index (Phi) is 6.94. The molecule has 2 rings (SSSR count). The summed E-state index contributed by atoms with van der Waals surface area (Å²) in [6.45, 7) is 0.625. The number of hydrogen-bond donors (Lipinski definition) is 0. The minimum atomic E-state index is -3.34. The molecule has 1 aromatic carbocycles. The number of hydrogen-bond acceptors (Lipinski definition) is 7. The molecule has 28 heavy (non-hydrogen) atoms. The van der Waals surface area contributed by atoms with E-state index in [1.54, 1.807) is 24.3 Å². The van der Waals surface area contributed by atoms with Gasteiger partial charge in [-0.25, -0.2) is 16.8 Å². The number of fused-ring (bicyclic) bond motifs is 1. The van der Waals surface area contributed by atoms with E-state index in [1.807, 2.05) is 19.0 Å². The Morgan fingerprint density at radius 2 is 1.54 bits per heavy atom. The quantitative estimate of drug-likeness (QED) is 0.583.